The number of hydrogen-bond acceptors (Lipinski definition) is 3. The highest BCUT2D eigenvalue weighted by atomic mass is 127. The molecule has 0 radical (unpaired) electrons. The molecule has 3 N–H and O–H groups in total. The molecule has 0 atom stereocenters. The fourth-order valence-corrected chi connectivity index (χ4v) is 2.79. The van der Waals surface area contributed by atoms with Crippen LogP contribution in [0.2, 0.25) is 5.02 Å². The van der Waals surface area contributed by atoms with E-state index < -0.39 is 11.8 Å². The number of nitrogens with one attached hydrogen (secondary N) is 3. The molecule has 2 aromatic carbocycles. The van der Waals surface area contributed by atoms with Crippen molar-refractivity contribution in [1.82, 2.24) is 10.9 Å². The minimum atomic E-state index is -0.457. The van der Waals surface area contributed by atoms with Crippen molar-refractivity contribution in [3.05, 3.63) is 62.2 Å². The van der Waals surface area contributed by atoms with E-state index >= 15 is 0 Å². The SMILES string of the molecule is Cc1c(Cl)cccc1NC(=O)CCC(=O)NNC(=O)c1cccc(I)c1. The molecule has 6 nitrogen and oxygen atoms in total. The van der Waals surface area contributed by atoms with Crippen LogP contribution >= 0.6 is 34.2 Å². The molecule has 8 heteroatoms. The molecule has 136 valence electrons. The van der Waals surface area contributed by atoms with Crippen molar-refractivity contribution in [2.24, 2.45) is 0 Å². The van der Waals surface area contributed by atoms with E-state index in [0.717, 1.165) is 9.13 Å². The first-order valence-corrected chi connectivity index (χ1v) is 9.22. The van der Waals surface area contributed by atoms with Gasteiger partial charge >= 0.3 is 0 Å². The van der Waals surface area contributed by atoms with Crippen molar-refractivity contribution in [1.29, 1.82) is 0 Å². The first-order valence-electron chi connectivity index (χ1n) is 7.76. The number of hydrazine groups is 1. The highest BCUT2D eigenvalue weighted by Crippen LogP contribution is 2.23. The largest absolute Gasteiger partial charge is 0.326 e. The Morgan fingerprint density at radius 2 is 1.69 bits per heavy atom. The Morgan fingerprint density at radius 3 is 2.42 bits per heavy atom. The molecule has 0 saturated heterocycles. The Kier molecular flexibility index (Phi) is 7.40. The van der Waals surface area contributed by atoms with Crippen LogP contribution in [-0.4, -0.2) is 17.7 Å². The van der Waals surface area contributed by atoms with Crippen LogP contribution in [0.1, 0.15) is 28.8 Å². The predicted molar refractivity (Wildman–Crippen MR) is 109 cm³/mol. The standard InChI is InChI=1S/C18H17ClIN3O3/c1-11-14(19)6-3-7-15(11)21-16(24)8-9-17(25)22-23-18(26)12-4-2-5-13(20)10-12/h2-7,10H,8-9H2,1H3,(H,21,24)(H,22,25)(H,23,26). The molecule has 0 spiro atoms. The smallest absolute Gasteiger partial charge is 0.269 e. The van der Waals surface area contributed by atoms with Crippen LogP contribution in [0.3, 0.4) is 0 Å². The quantitative estimate of drug-likeness (QED) is 0.448. The predicted octanol–water partition coefficient (Wildman–Crippen LogP) is 3.43. The molecular weight excluding hydrogens is 469 g/mol. The summed E-state index contributed by atoms with van der Waals surface area (Å²) < 4.78 is 0.912. The van der Waals surface area contributed by atoms with Gasteiger partial charge in [0.15, 0.2) is 0 Å². The summed E-state index contributed by atoms with van der Waals surface area (Å²) in [6, 6.07) is 12.2. The second-order valence-electron chi connectivity index (χ2n) is 5.47. The van der Waals surface area contributed by atoms with E-state index in [9.17, 15) is 14.4 Å². The van der Waals surface area contributed by atoms with Gasteiger partial charge in [-0.05, 0) is 65.4 Å². The third kappa shape index (κ3) is 5.99. The number of carbonyl (C=O) groups is 3. The summed E-state index contributed by atoms with van der Waals surface area (Å²) in [5.74, 6) is -1.19. The Hall–Kier alpha value is -2.13. The lowest BCUT2D eigenvalue weighted by Crippen LogP contribution is -2.41. The minimum Gasteiger partial charge on any atom is -0.326 e. The van der Waals surface area contributed by atoms with Crippen LogP contribution in [0, 0.1) is 10.5 Å². The van der Waals surface area contributed by atoms with Crippen molar-refractivity contribution in [2.45, 2.75) is 19.8 Å². The molecule has 0 aliphatic rings. The average molecular weight is 486 g/mol. The van der Waals surface area contributed by atoms with Crippen LogP contribution in [0.4, 0.5) is 5.69 Å². The van der Waals surface area contributed by atoms with Gasteiger partial charge in [0, 0.05) is 32.7 Å². The summed E-state index contributed by atoms with van der Waals surface area (Å²) in [4.78, 5) is 35.7. The molecule has 0 aromatic heterocycles. The molecule has 0 saturated carbocycles. The first kappa shape index (κ1) is 20.2. The number of carbonyl (C=O) groups excluding carboxylic acids is 3. The van der Waals surface area contributed by atoms with Gasteiger partial charge in [-0.1, -0.05) is 23.7 Å². The highest BCUT2D eigenvalue weighted by molar-refractivity contribution is 14.1. The van der Waals surface area contributed by atoms with Gasteiger partial charge in [0.05, 0.1) is 0 Å². The summed E-state index contributed by atoms with van der Waals surface area (Å²) in [6.45, 7) is 1.80. The van der Waals surface area contributed by atoms with E-state index in [4.69, 9.17) is 11.6 Å². The van der Waals surface area contributed by atoms with Crippen molar-refractivity contribution in [3.8, 4) is 0 Å². The van der Waals surface area contributed by atoms with Crippen LogP contribution in [0.5, 0.6) is 0 Å². The lowest BCUT2D eigenvalue weighted by molar-refractivity contribution is -0.124. The zero-order valence-corrected chi connectivity index (χ0v) is 16.8. The third-order valence-electron chi connectivity index (χ3n) is 3.52. The van der Waals surface area contributed by atoms with Gasteiger partial charge < -0.3 is 5.32 Å². The molecule has 2 rings (SSSR count). The summed E-state index contributed by atoms with van der Waals surface area (Å²) in [7, 11) is 0. The first-order chi connectivity index (χ1) is 12.4. The van der Waals surface area contributed by atoms with Gasteiger partial charge in [0.2, 0.25) is 11.8 Å². The summed E-state index contributed by atoms with van der Waals surface area (Å²) in [5, 5.41) is 3.27. The fourth-order valence-electron chi connectivity index (χ4n) is 2.07. The van der Waals surface area contributed by atoms with E-state index in [2.05, 4.69) is 38.8 Å². The summed E-state index contributed by atoms with van der Waals surface area (Å²) >= 11 is 8.09. The lowest BCUT2D eigenvalue weighted by atomic mass is 10.2. The van der Waals surface area contributed by atoms with Gasteiger partial charge in [-0.2, -0.15) is 0 Å². The summed E-state index contributed by atoms with van der Waals surface area (Å²) in [6.07, 6.45) is -0.0745. The Morgan fingerprint density at radius 1 is 1.00 bits per heavy atom. The van der Waals surface area contributed by atoms with Crippen LogP contribution in [-0.2, 0) is 9.59 Å². The topological polar surface area (TPSA) is 87.3 Å². The van der Waals surface area contributed by atoms with Gasteiger partial charge in [0.25, 0.3) is 5.91 Å². The number of amides is 3. The van der Waals surface area contributed by atoms with Crippen molar-refractivity contribution in [2.75, 3.05) is 5.32 Å². The molecular formula is C18H17ClIN3O3. The third-order valence-corrected chi connectivity index (χ3v) is 4.60. The van der Waals surface area contributed by atoms with Gasteiger partial charge in [-0.25, -0.2) is 0 Å². The zero-order valence-electron chi connectivity index (χ0n) is 13.9. The highest BCUT2D eigenvalue weighted by Gasteiger charge is 2.11. The maximum Gasteiger partial charge on any atom is 0.269 e. The maximum absolute atomic E-state index is 12.0. The summed E-state index contributed by atoms with van der Waals surface area (Å²) in [5.41, 5.74) is 6.43. The van der Waals surface area contributed by atoms with Gasteiger partial charge in [-0.3, -0.25) is 25.2 Å². The minimum absolute atomic E-state index is 0.0170. The van der Waals surface area contributed by atoms with Gasteiger partial charge in [0.1, 0.15) is 0 Å². The molecule has 0 unspecified atom stereocenters. The van der Waals surface area contributed by atoms with E-state index in [0.29, 0.717) is 16.3 Å². The van der Waals surface area contributed by atoms with E-state index in [-0.39, 0.29) is 18.7 Å². The molecule has 2 aromatic rings. The average Bonchev–Trinajstić information content (AvgIpc) is 2.61. The van der Waals surface area contributed by atoms with E-state index in [1.807, 2.05) is 6.07 Å². The molecule has 26 heavy (non-hydrogen) atoms. The van der Waals surface area contributed by atoms with Crippen molar-refractivity contribution >= 4 is 57.6 Å². The normalized spacial score (nSPS) is 10.1. The number of rotatable bonds is 5. The number of halogens is 2. The number of hydrogen-bond donors (Lipinski definition) is 3. The van der Waals surface area contributed by atoms with Crippen LogP contribution in [0.25, 0.3) is 0 Å². The van der Waals surface area contributed by atoms with Crippen LogP contribution < -0.4 is 16.2 Å². The Bertz CT molecular complexity index is 842. The monoisotopic (exact) mass is 485 g/mol. The molecule has 0 bridgehead atoms. The van der Waals surface area contributed by atoms with Gasteiger partial charge in [-0.15, -0.1) is 0 Å². The fraction of sp³-hybridized carbons (Fsp3) is 0.167. The number of anilines is 1. The second kappa shape index (κ2) is 9.54. The zero-order chi connectivity index (χ0) is 19.1. The molecule has 0 fully saturated rings. The number of benzene rings is 2. The lowest BCUT2D eigenvalue weighted by Gasteiger charge is -2.10. The molecule has 3 amide bonds. The van der Waals surface area contributed by atoms with E-state index in [1.165, 1.54) is 0 Å². The van der Waals surface area contributed by atoms with E-state index in [1.54, 1.807) is 43.3 Å². The Labute approximate surface area is 169 Å². The van der Waals surface area contributed by atoms with Crippen molar-refractivity contribution < 1.29 is 14.4 Å². The molecule has 0 aliphatic carbocycles. The van der Waals surface area contributed by atoms with Crippen LogP contribution in [0.15, 0.2) is 42.5 Å². The molecule has 0 heterocycles. The Balaban J connectivity index is 1.77. The maximum atomic E-state index is 12.0. The second-order valence-corrected chi connectivity index (χ2v) is 7.13. The van der Waals surface area contributed by atoms with Crippen molar-refractivity contribution in [3.63, 3.8) is 0 Å². The molecule has 0 aliphatic heterocycles.